The van der Waals surface area contributed by atoms with Crippen molar-refractivity contribution in [1.29, 1.82) is 0 Å². The van der Waals surface area contributed by atoms with Gasteiger partial charge in [-0.3, -0.25) is 0 Å². The van der Waals surface area contributed by atoms with Crippen molar-refractivity contribution in [3.05, 3.63) is 22.6 Å². The van der Waals surface area contributed by atoms with Crippen molar-refractivity contribution < 1.29 is 9.25 Å². The summed E-state index contributed by atoms with van der Waals surface area (Å²) < 4.78 is 5.95. The van der Waals surface area contributed by atoms with Gasteiger partial charge in [-0.25, -0.2) is 0 Å². The van der Waals surface area contributed by atoms with Gasteiger partial charge in [0.2, 0.25) is 0 Å². The molecule has 0 aliphatic rings. The Morgan fingerprint density at radius 3 is 3.00 bits per heavy atom. The van der Waals surface area contributed by atoms with Crippen LogP contribution in [-0.4, -0.2) is 6.61 Å². The monoisotopic (exact) mass is 219 g/mol. The normalized spacial score (nSPS) is 10.4. The van der Waals surface area contributed by atoms with Gasteiger partial charge < -0.3 is 9.25 Å². The Bertz CT molecular complexity index is 212. The highest BCUT2D eigenvalue weighted by Crippen LogP contribution is 2.13. The summed E-state index contributed by atoms with van der Waals surface area (Å²) >= 11 is 3.21. The van der Waals surface area contributed by atoms with Crippen molar-refractivity contribution in [3.63, 3.8) is 0 Å². The first kappa shape index (κ1) is 8.77. The minimum atomic E-state index is 0.597. The van der Waals surface area contributed by atoms with E-state index in [1.807, 2.05) is 19.1 Å². The highest BCUT2D eigenvalue weighted by Gasteiger charge is 1.97. The van der Waals surface area contributed by atoms with E-state index in [9.17, 15) is 0 Å². The van der Waals surface area contributed by atoms with E-state index in [1.54, 1.807) is 0 Å². The van der Waals surface area contributed by atoms with Crippen molar-refractivity contribution >= 4 is 15.9 Å². The zero-order valence-electron chi connectivity index (χ0n) is 6.26. The fourth-order valence-electron chi connectivity index (χ4n) is 0.671. The van der Waals surface area contributed by atoms with Crippen LogP contribution in [0.1, 0.15) is 12.7 Å². The molecule has 62 valence electrons. The first-order valence-corrected chi connectivity index (χ1v) is 4.21. The molecule has 0 aliphatic heterocycles. The number of hydroxylamine groups is 1. The van der Waals surface area contributed by atoms with Crippen molar-refractivity contribution in [1.82, 2.24) is 5.48 Å². The molecule has 0 aliphatic carbocycles. The summed E-state index contributed by atoms with van der Waals surface area (Å²) in [4.78, 5) is 4.92. The summed E-state index contributed by atoms with van der Waals surface area (Å²) in [7, 11) is 0. The molecular weight excluding hydrogens is 210 g/mol. The lowest BCUT2D eigenvalue weighted by atomic mass is 10.5. The second-order valence-corrected chi connectivity index (χ2v) is 2.74. The number of halogens is 1. The van der Waals surface area contributed by atoms with Gasteiger partial charge in [-0.05, 0) is 35.0 Å². The average molecular weight is 220 g/mol. The molecule has 11 heavy (non-hydrogen) atoms. The molecule has 0 unspecified atom stereocenters. The fraction of sp³-hybridized carbons (Fsp3) is 0.429. The molecule has 3 nitrogen and oxygen atoms in total. The van der Waals surface area contributed by atoms with Gasteiger partial charge in [0.25, 0.3) is 0 Å². The molecule has 0 saturated heterocycles. The first-order chi connectivity index (χ1) is 5.33. The zero-order chi connectivity index (χ0) is 8.10. The lowest BCUT2D eigenvalue weighted by Crippen LogP contribution is -2.12. The molecule has 1 heterocycles. The number of rotatable bonds is 4. The predicted molar refractivity (Wildman–Crippen MR) is 44.9 cm³/mol. The minimum Gasteiger partial charge on any atom is -0.453 e. The Hall–Kier alpha value is -0.320. The van der Waals surface area contributed by atoms with Crippen LogP contribution < -0.4 is 5.48 Å². The van der Waals surface area contributed by atoms with E-state index in [2.05, 4.69) is 21.4 Å². The van der Waals surface area contributed by atoms with E-state index < -0.39 is 0 Å². The van der Waals surface area contributed by atoms with Crippen LogP contribution in [0.2, 0.25) is 0 Å². The Morgan fingerprint density at radius 2 is 2.45 bits per heavy atom. The van der Waals surface area contributed by atoms with Gasteiger partial charge in [0.1, 0.15) is 5.76 Å². The van der Waals surface area contributed by atoms with Gasteiger partial charge in [0.05, 0.1) is 13.2 Å². The number of hydrogen-bond acceptors (Lipinski definition) is 3. The molecule has 0 bridgehead atoms. The summed E-state index contributed by atoms with van der Waals surface area (Å²) in [5.41, 5.74) is 2.75. The third-order valence-electron chi connectivity index (χ3n) is 1.12. The molecule has 1 rings (SSSR count). The topological polar surface area (TPSA) is 34.4 Å². The lowest BCUT2D eigenvalue weighted by Gasteiger charge is -1.98. The SMILES string of the molecule is CCONCc1ccc(Br)o1. The van der Waals surface area contributed by atoms with Crippen molar-refractivity contribution in [2.24, 2.45) is 0 Å². The van der Waals surface area contributed by atoms with Gasteiger partial charge in [-0.1, -0.05) is 0 Å². The van der Waals surface area contributed by atoms with Crippen LogP contribution in [0.25, 0.3) is 0 Å². The smallest absolute Gasteiger partial charge is 0.169 e. The average Bonchev–Trinajstić information content (AvgIpc) is 2.37. The lowest BCUT2D eigenvalue weighted by molar-refractivity contribution is 0.0424. The molecule has 0 amide bonds. The van der Waals surface area contributed by atoms with Crippen LogP contribution >= 0.6 is 15.9 Å². The summed E-state index contributed by atoms with van der Waals surface area (Å²) in [6.07, 6.45) is 0. The van der Waals surface area contributed by atoms with E-state index in [0.29, 0.717) is 13.2 Å². The molecule has 1 aromatic heterocycles. The van der Waals surface area contributed by atoms with Gasteiger partial charge in [-0.2, -0.15) is 5.48 Å². The van der Waals surface area contributed by atoms with Gasteiger partial charge >= 0.3 is 0 Å². The van der Waals surface area contributed by atoms with Crippen LogP contribution in [-0.2, 0) is 11.4 Å². The standard InChI is InChI=1S/C7H10BrNO2/c1-2-10-9-5-6-3-4-7(8)11-6/h3-4,9H,2,5H2,1H3. The van der Waals surface area contributed by atoms with Gasteiger partial charge in [-0.15, -0.1) is 0 Å². The maximum atomic E-state index is 5.20. The molecule has 0 radical (unpaired) electrons. The zero-order valence-corrected chi connectivity index (χ0v) is 7.85. The van der Waals surface area contributed by atoms with Crippen LogP contribution in [0.5, 0.6) is 0 Å². The molecular formula is C7H10BrNO2. The molecule has 0 atom stereocenters. The van der Waals surface area contributed by atoms with Crippen LogP contribution in [0.15, 0.2) is 21.2 Å². The largest absolute Gasteiger partial charge is 0.453 e. The van der Waals surface area contributed by atoms with Crippen LogP contribution in [0, 0.1) is 0 Å². The van der Waals surface area contributed by atoms with Crippen molar-refractivity contribution in [2.45, 2.75) is 13.5 Å². The van der Waals surface area contributed by atoms with E-state index in [-0.39, 0.29) is 0 Å². The van der Waals surface area contributed by atoms with Gasteiger partial charge in [0.15, 0.2) is 4.67 Å². The van der Waals surface area contributed by atoms with Crippen molar-refractivity contribution in [2.75, 3.05) is 6.61 Å². The number of hydrogen-bond donors (Lipinski definition) is 1. The Kier molecular flexibility index (Phi) is 3.62. The van der Waals surface area contributed by atoms with E-state index in [0.717, 1.165) is 10.4 Å². The summed E-state index contributed by atoms with van der Waals surface area (Å²) in [6.45, 7) is 3.17. The van der Waals surface area contributed by atoms with E-state index >= 15 is 0 Å². The van der Waals surface area contributed by atoms with E-state index in [4.69, 9.17) is 9.25 Å². The van der Waals surface area contributed by atoms with Crippen LogP contribution in [0.3, 0.4) is 0 Å². The molecule has 1 aromatic rings. The summed E-state index contributed by atoms with van der Waals surface area (Å²) in [5.74, 6) is 0.852. The maximum Gasteiger partial charge on any atom is 0.169 e. The molecule has 1 N–H and O–H groups in total. The Labute approximate surface area is 73.8 Å². The first-order valence-electron chi connectivity index (χ1n) is 3.41. The third kappa shape index (κ3) is 3.05. The van der Waals surface area contributed by atoms with Crippen LogP contribution in [0.4, 0.5) is 0 Å². The molecule has 0 fully saturated rings. The van der Waals surface area contributed by atoms with E-state index in [1.165, 1.54) is 0 Å². The molecule has 0 saturated carbocycles. The third-order valence-corrected chi connectivity index (χ3v) is 1.55. The number of nitrogens with one attached hydrogen (secondary N) is 1. The van der Waals surface area contributed by atoms with Crippen molar-refractivity contribution in [3.8, 4) is 0 Å². The van der Waals surface area contributed by atoms with Gasteiger partial charge in [0, 0.05) is 0 Å². The fourth-order valence-corrected chi connectivity index (χ4v) is 1.01. The second-order valence-electron chi connectivity index (χ2n) is 1.96. The molecule has 4 heteroatoms. The summed E-state index contributed by atoms with van der Waals surface area (Å²) in [5, 5.41) is 0. The highest BCUT2D eigenvalue weighted by molar-refractivity contribution is 9.10. The minimum absolute atomic E-state index is 0.597. The predicted octanol–water partition coefficient (Wildman–Crippen LogP) is 2.08. The quantitative estimate of drug-likeness (QED) is 0.623. The molecule has 0 aromatic carbocycles. The highest BCUT2D eigenvalue weighted by atomic mass is 79.9. The molecule has 0 spiro atoms. The maximum absolute atomic E-state index is 5.20. The number of furan rings is 1. The Balaban J connectivity index is 2.27. The Morgan fingerprint density at radius 1 is 1.64 bits per heavy atom. The summed E-state index contributed by atoms with van der Waals surface area (Å²) in [6, 6.07) is 3.74. The second kappa shape index (κ2) is 4.54.